The molecule has 0 saturated carbocycles. The van der Waals surface area contributed by atoms with E-state index in [0.29, 0.717) is 6.42 Å². The molecule has 1 unspecified atom stereocenters. The summed E-state index contributed by atoms with van der Waals surface area (Å²) in [6.45, 7) is 5.39. The van der Waals surface area contributed by atoms with E-state index in [2.05, 4.69) is 12.2 Å². The van der Waals surface area contributed by atoms with Crippen molar-refractivity contribution in [1.82, 2.24) is 4.89 Å². The first kappa shape index (κ1) is 32.1. The Bertz CT molecular complexity index is 860. The highest BCUT2D eigenvalue weighted by Gasteiger charge is 2.25. The second-order valence-corrected chi connectivity index (χ2v) is 10.8. The summed E-state index contributed by atoms with van der Waals surface area (Å²) in [5, 5.41) is 2.48. The molecule has 0 spiro atoms. The van der Waals surface area contributed by atoms with E-state index in [-0.39, 0.29) is 17.2 Å². The van der Waals surface area contributed by atoms with Crippen molar-refractivity contribution in [3.8, 4) is 0 Å². The summed E-state index contributed by atoms with van der Waals surface area (Å²) in [6.07, 6.45) is 15.0. The number of amides is 1. The Hall–Kier alpha value is -1.97. The maximum Gasteiger partial charge on any atom is 0.337 e. The van der Waals surface area contributed by atoms with Crippen LogP contribution in [-0.2, 0) is 29.2 Å². The maximum absolute atomic E-state index is 12.8. The van der Waals surface area contributed by atoms with Crippen molar-refractivity contribution in [2.45, 2.75) is 122 Å². The number of hydrogen-bond donors (Lipinski definition) is 2. The number of carbonyl (C=O) groups is 2. The minimum Gasteiger partial charge on any atom is -0.464 e. The predicted molar refractivity (Wildman–Crippen MR) is 143 cm³/mol. The van der Waals surface area contributed by atoms with Crippen LogP contribution in [0.25, 0.3) is 0 Å². The zero-order chi connectivity index (χ0) is 26.7. The fourth-order valence-electron chi connectivity index (χ4n) is 3.97. The average molecular weight is 527 g/mol. The summed E-state index contributed by atoms with van der Waals surface area (Å²) in [6, 6.07) is 5.98. The summed E-state index contributed by atoms with van der Waals surface area (Å²) in [7, 11) is -4.13. The zero-order valence-corrected chi connectivity index (χ0v) is 23.2. The molecule has 0 bridgehead atoms. The van der Waals surface area contributed by atoms with Gasteiger partial charge in [0.15, 0.2) is 6.10 Å². The molecule has 2 N–H and O–H groups in total. The van der Waals surface area contributed by atoms with E-state index in [4.69, 9.17) is 9.57 Å². The standard InChI is InChI=1S/C27H46N2O6S/c1-4-6-7-8-9-10-11-12-13-14-15-16-17-21-25(27(31)34-5-2)35-29-36(32,33)26-22-19-18-20-24(26)28-23(3)30/h18-20,22,25,29H,4-17,21H2,1-3H3,(H,28,30). The molecule has 36 heavy (non-hydrogen) atoms. The second-order valence-electron chi connectivity index (χ2n) is 9.15. The van der Waals surface area contributed by atoms with Crippen LogP contribution in [0.15, 0.2) is 29.2 Å². The first-order valence-electron chi connectivity index (χ1n) is 13.5. The van der Waals surface area contributed by atoms with E-state index >= 15 is 0 Å². The van der Waals surface area contributed by atoms with Crippen molar-refractivity contribution in [3.63, 3.8) is 0 Å². The lowest BCUT2D eigenvalue weighted by Gasteiger charge is -2.17. The largest absolute Gasteiger partial charge is 0.464 e. The number of para-hydroxylation sites is 1. The van der Waals surface area contributed by atoms with E-state index in [1.807, 2.05) is 4.89 Å². The lowest BCUT2D eigenvalue weighted by Crippen LogP contribution is -2.36. The van der Waals surface area contributed by atoms with Crippen LogP contribution in [0.2, 0.25) is 0 Å². The van der Waals surface area contributed by atoms with Gasteiger partial charge in [0.1, 0.15) is 4.90 Å². The Labute approximate surface area is 217 Å². The third kappa shape index (κ3) is 13.9. The van der Waals surface area contributed by atoms with Gasteiger partial charge in [0.2, 0.25) is 5.91 Å². The highest BCUT2D eigenvalue weighted by Crippen LogP contribution is 2.21. The minimum atomic E-state index is -4.13. The monoisotopic (exact) mass is 526 g/mol. The molecule has 1 rings (SSSR count). The molecule has 1 atom stereocenters. The molecular weight excluding hydrogens is 480 g/mol. The van der Waals surface area contributed by atoms with Crippen LogP contribution in [0.4, 0.5) is 5.69 Å². The first-order valence-corrected chi connectivity index (χ1v) is 15.0. The van der Waals surface area contributed by atoms with Gasteiger partial charge in [-0.15, -0.1) is 0 Å². The molecule has 0 radical (unpaired) electrons. The van der Waals surface area contributed by atoms with Crippen LogP contribution in [0.1, 0.15) is 111 Å². The molecule has 1 amide bonds. The van der Waals surface area contributed by atoms with E-state index < -0.39 is 28.0 Å². The molecule has 1 aromatic carbocycles. The number of anilines is 1. The normalized spacial score (nSPS) is 12.3. The van der Waals surface area contributed by atoms with Gasteiger partial charge in [-0.1, -0.05) is 107 Å². The Morgan fingerprint density at radius 1 is 0.833 bits per heavy atom. The molecule has 0 fully saturated rings. The van der Waals surface area contributed by atoms with Crippen molar-refractivity contribution >= 4 is 27.6 Å². The van der Waals surface area contributed by atoms with Crippen LogP contribution >= 0.6 is 0 Å². The number of hydrogen-bond acceptors (Lipinski definition) is 6. The molecule has 8 nitrogen and oxygen atoms in total. The molecule has 0 aliphatic heterocycles. The topological polar surface area (TPSA) is 111 Å². The molecule has 0 aliphatic rings. The van der Waals surface area contributed by atoms with Gasteiger partial charge in [-0.3, -0.25) is 9.63 Å². The number of carbonyl (C=O) groups excluding carboxylic acids is 2. The summed E-state index contributed by atoms with van der Waals surface area (Å²) in [5.41, 5.74) is 0.130. The highest BCUT2D eigenvalue weighted by atomic mass is 32.2. The fraction of sp³-hybridized carbons (Fsp3) is 0.704. The van der Waals surface area contributed by atoms with Gasteiger partial charge in [0, 0.05) is 6.92 Å². The summed E-state index contributed by atoms with van der Waals surface area (Å²) < 4.78 is 30.6. The first-order chi connectivity index (χ1) is 17.3. The Kier molecular flexibility index (Phi) is 17.1. The van der Waals surface area contributed by atoms with Gasteiger partial charge >= 0.3 is 5.97 Å². The van der Waals surface area contributed by atoms with Gasteiger partial charge in [0.25, 0.3) is 10.0 Å². The summed E-state index contributed by atoms with van der Waals surface area (Å²) in [5.74, 6) is -1.00. The second kappa shape index (κ2) is 19.2. The SMILES string of the molecule is CCCCCCCCCCCCCCCC(ONS(=O)(=O)c1ccccc1NC(C)=O)C(=O)OCC. The van der Waals surface area contributed by atoms with Crippen molar-refractivity contribution in [2.75, 3.05) is 11.9 Å². The number of nitrogens with one attached hydrogen (secondary N) is 2. The molecule has 0 saturated heterocycles. The predicted octanol–water partition coefficient (Wildman–Crippen LogP) is 6.27. The van der Waals surface area contributed by atoms with E-state index in [0.717, 1.165) is 25.7 Å². The van der Waals surface area contributed by atoms with Crippen LogP contribution in [0.3, 0.4) is 0 Å². The van der Waals surface area contributed by atoms with Gasteiger partial charge in [-0.2, -0.15) is 0 Å². The van der Waals surface area contributed by atoms with Crippen LogP contribution < -0.4 is 10.2 Å². The zero-order valence-electron chi connectivity index (χ0n) is 22.4. The third-order valence-corrected chi connectivity index (χ3v) is 7.16. The number of rotatable bonds is 21. The highest BCUT2D eigenvalue weighted by molar-refractivity contribution is 7.89. The Balaban J connectivity index is 2.41. The van der Waals surface area contributed by atoms with Crippen molar-refractivity contribution in [2.24, 2.45) is 0 Å². The molecule has 0 aliphatic carbocycles. The summed E-state index contributed by atoms with van der Waals surface area (Å²) in [4.78, 5) is 30.9. The minimum absolute atomic E-state index is 0.130. The molecule has 0 heterocycles. The van der Waals surface area contributed by atoms with Gasteiger partial charge in [-0.05, 0) is 25.5 Å². The number of benzene rings is 1. The van der Waals surface area contributed by atoms with Crippen molar-refractivity contribution in [1.29, 1.82) is 0 Å². The molecule has 206 valence electrons. The Morgan fingerprint density at radius 3 is 1.89 bits per heavy atom. The van der Waals surface area contributed by atoms with Crippen molar-refractivity contribution < 1.29 is 27.6 Å². The average Bonchev–Trinajstić information content (AvgIpc) is 2.83. The number of sulfonamides is 1. The number of esters is 1. The smallest absolute Gasteiger partial charge is 0.337 e. The quantitative estimate of drug-likeness (QED) is 0.111. The molecule has 1 aromatic rings. The number of unbranched alkanes of at least 4 members (excludes halogenated alkanes) is 12. The van der Waals surface area contributed by atoms with Gasteiger partial charge < -0.3 is 10.1 Å². The van der Waals surface area contributed by atoms with E-state index in [1.54, 1.807) is 13.0 Å². The van der Waals surface area contributed by atoms with Crippen molar-refractivity contribution in [3.05, 3.63) is 24.3 Å². The lowest BCUT2D eigenvalue weighted by molar-refractivity contribution is -0.159. The Morgan fingerprint density at radius 2 is 1.36 bits per heavy atom. The van der Waals surface area contributed by atoms with E-state index in [9.17, 15) is 18.0 Å². The fourth-order valence-corrected chi connectivity index (χ4v) is 4.97. The van der Waals surface area contributed by atoms with Crippen LogP contribution in [0.5, 0.6) is 0 Å². The maximum atomic E-state index is 12.8. The molecule has 0 aromatic heterocycles. The molecule has 9 heteroatoms. The third-order valence-electron chi connectivity index (χ3n) is 5.91. The van der Waals surface area contributed by atoms with Crippen LogP contribution in [-0.4, -0.2) is 33.0 Å². The van der Waals surface area contributed by atoms with Gasteiger partial charge in [-0.25, -0.2) is 13.2 Å². The van der Waals surface area contributed by atoms with Gasteiger partial charge in [0.05, 0.1) is 12.3 Å². The lowest BCUT2D eigenvalue weighted by atomic mass is 10.0. The van der Waals surface area contributed by atoms with E-state index in [1.165, 1.54) is 82.9 Å². The summed E-state index contributed by atoms with van der Waals surface area (Å²) >= 11 is 0. The molecular formula is C27H46N2O6S. The van der Waals surface area contributed by atoms with Crippen LogP contribution in [0, 0.1) is 0 Å². The number of ether oxygens (including phenoxy) is 1.